The van der Waals surface area contributed by atoms with Crippen molar-refractivity contribution in [2.24, 2.45) is 5.92 Å². The molecule has 1 saturated heterocycles. The van der Waals surface area contributed by atoms with E-state index in [1.165, 1.54) is 6.92 Å². The molecule has 3 aliphatic rings. The molecule has 0 spiro atoms. The van der Waals surface area contributed by atoms with E-state index in [1.54, 1.807) is 0 Å². The van der Waals surface area contributed by atoms with Crippen molar-refractivity contribution in [1.82, 2.24) is 4.90 Å². The van der Waals surface area contributed by atoms with Crippen molar-refractivity contribution in [2.75, 3.05) is 6.54 Å². The summed E-state index contributed by atoms with van der Waals surface area (Å²) in [7, 11) is 0. The largest absolute Gasteiger partial charge is 0.426 e. The second kappa shape index (κ2) is 5.43. The normalized spacial score (nSPS) is 31.0. The van der Waals surface area contributed by atoms with Gasteiger partial charge in [-0.25, -0.2) is 0 Å². The van der Waals surface area contributed by atoms with Crippen LogP contribution in [0, 0.1) is 5.92 Å². The van der Waals surface area contributed by atoms with Crippen LogP contribution in [0.25, 0.3) is 0 Å². The molecule has 0 aromatic heterocycles. The zero-order chi connectivity index (χ0) is 16.9. The molecule has 3 unspecified atom stereocenters. The third-order valence-corrected chi connectivity index (χ3v) is 6.09. The summed E-state index contributed by atoms with van der Waals surface area (Å²) in [6.07, 6.45) is 4.36. The third-order valence-electron chi connectivity index (χ3n) is 6.09. The summed E-state index contributed by atoms with van der Waals surface area (Å²) in [5.41, 5.74) is 1.86. The van der Waals surface area contributed by atoms with E-state index >= 15 is 0 Å². The minimum absolute atomic E-state index is 0.143. The molecule has 0 radical (unpaired) electrons. The molecule has 1 heterocycles. The lowest BCUT2D eigenvalue weighted by Crippen LogP contribution is -2.61. The number of nitrogens with zero attached hydrogens (tertiary/aromatic N) is 1. The van der Waals surface area contributed by atoms with Crippen molar-refractivity contribution < 1.29 is 19.1 Å². The zero-order valence-electron chi connectivity index (χ0n) is 13.8. The van der Waals surface area contributed by atoms with Crippen LogP contribution in [0.15, 0.2) is 18.2 Å². The van der Waals surface area contributed by atoms with Gasteiger partial charge in [0.15, 0.2) is 0 Å². The van der Waals surface area contributed by atoms with Gasteiger partial charge in [-0.2, -0.15) is 0 Å². The van der Waals surface area contributed by atoms with E-state index in [9.17, 15) is 14.4 Å². The van der Waals surface area contributed by atoms with Gasteiger partial charge in [-0.15, -0.1) is 0 Å². The smallest absolute Gasteiger partial charge is 0.308 e. The van der Waals surface area contributed by atoms with Crippen molar-refractivity contribution in [3.05, 3.63) is 29.3 Å². The van der Waals surface area contributed by atoms with E-state index < -0.39 is 0 Å². The van der Waals surface area contributed by atoms with Crippen LogP contribution < -0.4 is 4.74 Å². The van der Waals surface area contributed by atoms with Crippen molar-refractivity contribution >= 4 is 18.2 Å². The molecular weight excluding hydrogens is 306 g/mol. The van der Waals surface area contributed by atoms with E-state index in [1.807, 2.05) is 23.1 Å². The zero-order valence-corrected chi connectivity index (χ0v) is 13.8. The molecule has 4 rings (SSSR count). The number of esters is 1. The Bertz CT molecular complexity index is 728. The SMILES string of the molecule is CC(=O)Oc1cccc2c1C13CCN(C=O)C(C2)C1CCC(=O)C3. The lowest BCUT2D eigenvalue weighted by atomic mass is 9.52. The quantitative estimate of drug-likeness (QED) is 0.473. The summed E-state index contributed by atoms with van der Waals surface area (Å²) >= 11 is 0. The van der Waals surface area contributed by atoms with Gasteiger partial charge in [0.1, 0.15) is 11.5 Å². The molecule has 2 fully saturated rings. The summed E-state index contributed by atoms with van der Waals surface area (Å²) in [4.78, 5) is 37.3. The maximum atomic E-state index is 12.3. The molecule has 126 valence electrons. The maximum Gasteiger partial charge on any atom is 0.308 e. The second-order valence-electron chi connectivity index (χ2n) is 7.27. The summed E-state index contributed by atoms with van der Waals surface area (Å²) < 4.78 is 5.50. The van der Waals surface area contributed by atoms with Gasteiger partial charge in [-0.1, -0.05) is 12.1 Å². The number of hydrogen-bond donors (Lipinski definition) is 0. The molecule has 1 aliphatic heterocycles. The Kier molecular flexibility index (Phi) is 3.48. The fourth-order valence-corrected chi connectivity index (χ4v) is 5.29. The lowest BCUT2D eigenvalue weighted by molar-refractivity contribution is -0.132. The average molecular weight is 327 g/mol. The Morgan fingerprint density at radius 1 is 1.42 bits per heavy atom. The molecule has 1 aromatic rings. The fraction of sp³-hybridized carbons (Fsp3) is 0.526. The number of rotatable bonds is 2. The first kappa shape index (κ1) is 15.4. The number of fused-ring (bicyclic) bond motifs is 1. The van der Waals surface area contributed by atoms with Gasteiger partial charge in [0.05, 0.1) is 0 Å². The first-order chi connectivity index (χ1) is 11.5. The highest BCUT2D eigenvalue weighted by Gasteiger charge is 2.56. The highest BCUT2D eigenvalue weighted by Crippen LogP contribution is 2.57. The van der Waals surface area contributed by atoms with E-state index in [-0.39, 0.29) is 29.1 Å². The topological polar surface area (TPSA) is 63.7 Å². The van der Waals surface area contributed by atoms with Crippen LogP contribution in [0.5, 0.6) is 5.75 Å². The Morgan fingerprint density at radius 2 is 2.25 bits per heavy atom. The molecule has 1 amide bonds. The number of hydrogen-bond acceptors (Lipinski definition) is 4. The molecule has 1 aromatic carbocycles. The lowest BCUT2D eigenvalue weighted by Gasteiger charge is -2.57. The molecule has 24 heavy (non-hydrogen) atoms. The van der Waals surface area contributed by atoms with Gasteiger partial charge >= 0.3 is 5.97 Å². The maximum absolute atomic E-state index is 12.3. The van der Waals surface area contributed by atoms with E-state index in [2.05, 4.69) is 0 Å². The van der Waals surface area contributed by atoms with Gasteiger partial charge in [0.2, 0.25) is 6.41 Å². The van der Waals surface area contributed by atoms with Crippen LogP contribution in [0.2, 0.25) is 0 Å². The number of benzene rings is 1. The van der Waals surface area contributed by atoms with Crippen LogP contribution in [0.4, 0.5) is 0 Å². The minimum Gasteiger partial charge on any atom is -0.426 e. The van der Waals surface area contributed by atoms with Crippen molar-refractivity contribution in [2.45, 2.75) is 50.5 Å². The first-order valence-electron chi connectivity index (χ1n) is 8.59. The number of likely N-dealkylation sites (tertiary alicyclic amines) is 1. The van der Waals surface area contributed by atoms with Crippen LogP contribution in [-0.4, -0.2) is 35.6 Å². The van der Waals surface area contributed by atoms with E-state index in [0.29, 0.717) is 25.1 Å². The number of amides is 1. The molecule has 1 saturated carbocycles. The van der Waals surface area contributed by atoms with Crippen molar-refractivity contribution in [3.8, 4) is 5.75 Å². The Morgan fingerprint density at radius 3 is 3.00 bits per heavy atom. The van der Waals surface area contributed by atoms with Crippen molar-refractivity contribution in [1.29, 1.82) is 0 Å². The number of Topliss-reactive ketones (excluding diaryl/α,β-unsaturated/α-hetero) is 1. The predicted molar refractivity (Wildman–Crippen MR) is 86.7 cm³/mol. The molecule has 5 heteroatoms. The second-order valence-corrected chi connectivity index (χ2v) is 7.27. The van der Waals surface area contributed by atoms with Gasteiger partial charge in [-0.05, 0) is 36.8 Å². The van der Waals surface area contributed by atoms with Crippen LogP contribution >= 0.6 is 0 Å². The Balaban J connectivity index is 1.91. The van der Waals surface area contributed by atoms with Crippen LogP contribution in [0.3, 0.4) is 0 Å². The summed E-state index contributed by atoms with van der Waals surface area (Å²) in [6, 6.07) is 5.90. The van der Waals surface area contributed by atoms with Gasteiger partial charge < -0.3 is 9.64 Å². The minimum atomic E-state index is -0.342. The Hall–Kier alpha value is -2.17. The summed E-state index contributed by atoms with van der Waals surface area (Å²) in [6.45, 7) is 2.06. The standard InChI is InChI=1S/C19H21NO4/c1-12(22)24-17-4-2-3-13-9-16-15-6-5-14(23)10-19(15,18(13)17)7-8-20(16)11-21/h2-4,11,15-16H,5-10H2,1H3. The van der Waals surface area contributed by atoms with Crippen LogP contribution in [0.1, 0.15) is 43.7 Å². The molecule has 2 bridgehead atoms. The molecular formula is C19H21NO4. The predicted octanol–water partition coefficient (Wildman–Crippen LogP) is 2.01. The van der Waals surface area contributed by atoms with E-state index in [0.717, 1.165) is 36.8 Å². The van der Waals surface area contributed by atoms with Crippen molar-refractivity contribution in [3.63, 3.8) is 0 Å². The number of ether oxygens (including phenoxy) is 1. The Labute approximate surface area is 141 Å². The number of ketones is 1. The monoisotopic (exact) mass is 327 g/mol. The van der Waals surface area contributed by atoms with Crippen LogP contribution in [-0.2, 0) is 26.2 Å². The highest BCUT2D eigenvalue weighted by molar-refractivity contribution is 5.82. The van der Waals surface area contributed by atoms with E-state index in [4.69, 9.17) is 4.74 Å². The third kappa shape index (κ3) is 2.10. The fourth-order valence-electron chi connectivity index (χ4n) is 5.29. The molecule has 5 nitrogen and oxygen atoms in total. The van der Waals surface area contributed by atoms with Gasteiger partial charge in [-0.3, -0.25) is 14.4 Å². The molecule has 0 N–H and O–H groups in total. The first-order valence-corrected chi connectivity index (χ1v) is 8.59. The summed E-state index contributed by atoms with van der Waals surface area (Å²) in [5.74, 6) is 0.789. The van der Waals surface area contributed by atoms with Gasteiger partial charge in [0.25, 0.3) is 0 Å². The highest BCUT2D eigenvalue weighted by atomic mass is 16.5. The molecule has 3 atom stereocenters. The number of carbonyl (C=O) groups excluding carboxylic acids is 3. The summed E-state index contributed by atoms with van der Waals surface area (Å²) in [5, 5.41) is 0. The number of piperidine rings is 1. The number of carbonyl (C=O) groups is 3. The molecule has 2 aliphatic carbocycles. The van der Waals surface area contributed by atoms with Gasteiger partial charge in [0, 0.05) is 43.3 Å². The average Bonchev–Trinajstić information content (AvgIpc) is 2.53.